The van der Waals surface area contributed by atoms with Crippen molar-refractivity contribution < 1.29 is 48.0 Å². The quantitative estimate of drug-likeness (QED) is 0.0831. The average Bonchev–Trinajstić information content (AvgIpc) is 2.18. The molecule has 77 valence electrons. The predicted molar refractivity (Wildman–Crippen MR) is 35.6 cm³/mol. The summed E-state index contributed by atoms with van der Waals surface area (Å²) in [4.78, 5) is 0. The maximum Gasteiger partial charge on any atom is 3.00 e. The monoisotopic (exact) mass is 236 g/mol. The fourth-order valence-electron chi connectivity index (χ4n) is 0. The van der Waals surface area contributed by atoms with E-state index in [2.05, 4.69) is 0 Å². The summed E-state index contributed by atoms with van der Waals surface area (Å²) in [6.07, 6.45) is 3.33. The van der Waals surface area contributed by atoms with Gasteiger partial charge in [-0.15, -0.1) is 0 Å². The first-order chi connectivity index (χ1) is 5.74. The third kappa shape index (κ3) is 405. The minimum absolute atomic E-state index is 0. The molecule has 0 saturated carbocycles. The van der Waals surface area contributed by atoms with E-state index in [1.54, 1.807) is 0 Å². The molecule has 0 unspecified atom stereocenters. The number of aliphatic hydroxyl groups is 3. The van der Waals surface area contributed by atoms with Crippen molar-refractivity contribution in [3.8, 4) is 0 Å². The zero-order valence-corrected chi connectivity index (χ0v) is 6.98. The Labute approximate surface area is 83.4 Å². The summed E-state index contributed by atoms with van der Waals surface area (Å²) in [6.45, 7) is 0. The number of aliphatic hydroxyl groups excluding tert-OH is 3. The van der Waals surface area contributed by atoms with Crippen molar-refractivity contribution in [3.05, 3.63) is 0 Å². The Morgan fingerprint density at radius 1 is 0.615 bits per heavy atom. The molecular formula is C3H6FeN3O6. The van der Waals surface area contributed by atoms with Crippen molar-refractivity contribution in [2.24, 2.45) is 15.5 Å². The molecule has 10 heteroatoms. The Balaban J connectivity index is -0.0000000450. The van der Waals surface area contributed by atoms with E-state index < -0.39 is 0 Å². The molecule has 9 nitrogen and oxygen atoms in total. The second-order valence-corrected chi connectivity index (χ2v) is 0.600. The van der Waals surface area contributed by atoms with Crippen LogP contribution in [0.25, 0.3) is 0 Å². The van der Waals surface area contributed by atoms with Crippen LogP contribution in [0.5, 0.6) is 0 Å². The van der Waals surface area contributed by atoms with Crippen LogP contribution in [0, 0.1) is 0 Å². The van der Waals surface area contributed by atoms with Crippen LogP contribution < -0.4 is 0 Å². The zero-order chi connectivity index (χ0) is 10.2. The molecule has 1 radical (unpaired) electrons. The van der Waals surface area contributed by atoms with Crippen LogP contribution in [-0.2, 0) is 17.1 Å². The molecule has 6 N–H and O–H groups in total. The largest absolute Gasteiger partial charge is 3.00 e. The fraction of sp³-hybridized carbons (Fsp3) is 0. The van der Waals surface area contributed by atoms with E-state index >= 15 is 0 Å². The number of hydrogen-bond acceptors (Lipinski definition) is 6. The van der Waals surface area contributed by atoms with Crippen molar-refractivity contribution in [2.75, 3.05) is 0 Å². The first-order valence-electron chi connectivity index (χ1n) is 1.94. The van der Waals surface area contributed by atoms with Crippen LogP contribution in [-0.4, -0.2) is 50.1 Å². The normalized spacial score (nSPS) is 8.31. The van der Waals surface area contributed by atoms with Gasteiger partial charge in [-0.05, 0) is 0 Å². The summed E-state index contributed by atoms with van der Waals surface area (Å²) in [7, 11) is 0. The predicted octanol–water partition coefficient (Wildman–Crippen LogP) is -0.486. The molecule has 0 saturated heterocycles. The zero-order valence-electron chi connectivity index (χ0n) is 5.88. The molecule has 0 bridgehead atoms. The summed E-state index contributed by atoms with van der Waals surface area (Å²) in [5.74, 6) is 0. The van der Waals surface area contributed by atoms with Crippen LogP contribution in [0.4, 0.5) is 0 Å². The molecule has 0 aromatic rings. The Hall–Kier alpha value is -1.67. The van der Waals surface area contributed by atoms with Crippen molar-refractivity contribution >= 4 is 19.2 Å². The molecule has 0 aromatic carbocycles. The van der Waals surface area contributed by atoms with Gasteiger partial charge in [0.15, 0.2) is 0 Å². The van der Waals surface area contributed by atoms with Crippen LogP contribution in [0.2, 0.25) is 0 Å². The smallest absolute Gasteiger partial charge is 0.683 e. The van der Waals surface area contributed by atoms with Crippen LogP contribution in [0.3, 0.4) is 0 Å². The van der Waals surface area contributed by atoms with Gasteiger partial charge in [-0.2, -0.15) is 19.2 Å². The van der Waals surface area contributed by atoms with E-state index in [0.29, 0.717) is 0 Å². The van der Waals surface area contributed by atoms with E-state index in [1.807, 2.05) is 15.5 Å². The molecule has 0 aliphatic heterocycles. The molecule has 0 aromatic heterocycles. The van der Waals surface area contributed by atoms with Crippen molar-refractivity contribution in [1.29, 1.82) is 0 Å². The molecule has 0 spiro atoms. The van der Waals surface area contributed by atoms with Crippen molar-refractivity contribution in [2.45, 2.75) is 0 Å². The van der Waals surface area contributed by atoms with Gasteiger partial charge in [-0.25, -0.2) is 0 Å². The fourth-order valence-corrected chi connectivity index (χ4v) is 0. The molecule has 0 heterocycles. The van der Waals surface area contributed by atoms with E-state index in [-0.39, 0.29) is 17.1 Å². The second kappa shape index (κ2) is 48.0. The van der Waals surface area contributed by atoms with E-state index in [9.17, 15) is 0 Å². The molecule has 0 aliphatic rings. The summed E-state index contributed by atoms with van der Waals surface area (Å²) in [6, 6.07) is 0. The maximum atomic E-state index is 7.21. The number of hydrogen-bond donors (Lipinski definition) is 6. The van der Waals surface area contributed by atoms with Gasteiger partial charge in [0.25, 0.3) is 0 Å². The van der Waals surface area contributed by atoms with E-state index in [0.717, 1.165) is 19.2 Å². The molecule has 0 atom stereocenters. The molecule has 0 rings (SSSR count). The molecule has 13 heavy (non-hydrogen) atoms. The minimum atomic E-state index is 0. The van der Waals surface area contributed by atoms with Crippen LogP contribution >= 0.6 is 0 Å². The Kier molecular flexibility index (Phi) is 83.0. The first kappa shape index (κ1) is 22.5. The van der Waals surface area contributed by atoms with Crippen molar-refractivity contribution in [3.63, 3.8) is 0 Å². The van der Waals surface area contributed by atoms with Gasteiger partial charge in [0.2, 0.25) is 0 Å². The minimum Gasteiger partial charge on any atom is -0.683 e. The van der Waals surface area contributed by atoms with Crippen LogP contribution in [0.15, 0.2) is 15.5 Å². The standard InChI is InChI=1S/3CH2NO2.Fe/c3*3-1-2-4;/h3*4H,(H,2,3);/q3*-1;+3. The first-order valence-corrected chi connectivity index (χ1v) is 1.94. The maximum absolute atomic E-state index is 7.21. The molecular weight excluding hydrogens is 230 g/mol. The van der Waals surface area contributed by atoms with E-state index in [1.165, 1.54) is 0 Å². The average molecular weight is 236 g/mol. The SMILES string of the molecule is O[C-]=NO.O[C-]=NO.O[C-]=NO.[Fe+3]. The molecule has 0 fully saturated rings. The van der Waals surface area contributed by atoms with Gasteiger partial charge in [0.05, 0.1) is 0 Å². The third-order valence-corrected chi connectivity index (χ3v) is 0.134. The van der Waals surface area contributed by atoms with Gasteiger partial charge in [-0.3, -0.25) is 15.5 Å². The number of nitrogens with zero attached hydrogens (tertiary/aromatic N) is 3. The Morgan fingerprint density at radius 3 is 0.692 bits per heavy atom. The van der Waals surface area contributed by atoms with Gasteiger partial charge < -0.3 is 30.9 Å². The molecule has 0 amide bonds. The summed E-state index contributed by atoms with van der Waals surface area (Å²) < 4.78 is 0. The Bertz CT molecular complexity index is 92.5. The van der Waals surface area contributed by atoms with Gasteiger partial charge in [0.1, 0.15) is 0 Å². The number of rotatable bonds is 0. The topological polar surface area (TPSA) is 158 Å². The van der Waals surface area contributed by atoms with Crippen molar-refractivity contribution in [1.82, 2.24) is 0 Å². The van der Waals surface area contributed by atoms with Crippen LogP contribution in [0.1, 0.15) is 0 Å². The Morgan fingerprint density at radius 2 is 0.692 bits per heavy atom. The third-order valence-electron chi connectivity index (χ3n) is 0.134. The van der Waals surface area contributed by atoms with Gasteiger partial charge >= 0.3 is 17.1 Å². The summed E-state index contributed by atoms with van der Waals surface area (Å²) >= 11 is 0. The van der Waals surface area contributed by atoms with Gasteiger partial charge in [0, 0.05) is 0 Å². The van der Waals surface area contributed by atoms with E-state index in [4.69, 9.17) is 30.9 Å². The van der Waals surface area contributed by atoms with Gasteiger partial charge in [-0.1, -0.05) is 0 Å². The summed E-state index contributed by atoms with van der Waals surface area (Å²) in [5, 5.41) is 49.2. The second-order valence-electron chi connectivity index (χ2n) is 0.600. The summed E-state index contributed by atoms with van der Waals surface area (Å²) in [5.41, 5.74) is 0. The molecule has 0 aliphatic carbocycles.